The zero-order valence-corrected chi connectivity index (χ0v) is 12.9. The SMILES string of the molecule is CCS(=O)(=O)N1CC2(C1)OCC[C@@H]2COc1ccccn1. The molecule has 3 heterocycles. The number of hydrogen-bond acceptors (Lipinski definition) is 5. The van der Waals surface area contributed by atoms with Crippen molar-refractivity contribution in [2.75, 3.05) is 32.1 Å². The van der Waals surface area contributed by atoms with Gasteiger partial charge in [0.05, 0.1) is 12.4 Å². The van der Waals surface area contributed by atoms with E-state index in [1.54, 1.807) is 13.1 Å². The van der Waals surface area contributed by atoms with Crippen molar-refractivity contribution < 1.29 is 17.9 Å². The van der Waals surface area contributed by atoms with Crippen molar-refractivity contribution in [1.29, 1.82) is 0 Å². The molecule has 7 heteroatoms. The van der Waals surface area contributed by atoms with Gasteiger partial charge in [-0.15, -0.1) is 0 Å². The minimum atomic E-state index is -3.12. The standard InChI is InChI=1S/C14H20N2O4S/c1-2-21(17,18)16-10-14(11-16)12(6-8-20-14)9-19-13-5-3-4-7-15-13/h3-5,7,12H,2,6,8-11H2,1H3/t12-/m1/s1. The maximum Gasteiger partial charge on any atom is 0.214 e. The van der Waals surface area contributed by atoms with Gasteiger partial charge < -0.3 is 9.47 Å². The highest BCUT2D eigenvalue weighted by molar-refractivity contribution is 7.89. The van der Waals surface area contributed by atoms with Gasteiger partial charge in [0.2, 0.25) is 15.9 Å². The highest BCUT2D eigenvalue weighted by atomic mass is 32.2. The van der Waals surface area contributed by atoms with Crippen molar-refractivity contribution in [2.24, 2.45) is 5.92 Å². The zero-order chi connectivity index (χ0) is 14.9. The first kappa shape index (κ1) is 14.7. The topological polar surface area (TPSA) is 68.7 Å². The molecule has 0 N–H and O–H groups in total. The van der Waals surface area contributed by atoms with E-state index in [9.17, 15) is 8.42 Å². The van der Waals surface area contributed by atoms with Gasteiger partial charge in [-0.25, -0.2) is 13.4 Å². The third kappa shape index (κ3) is 2.77. The van der Waals surface area contributed by atoms with Gasteiger partial charge in [0, 0.05) is 37.9 Å². The van der Waals surface area contributed by atoms with Crippen LogP contribution in [0.5, 0.6) is 5.88 Å². The van der Waals surface area contributed by atoms with Gasteiger partial charge in [0.25, 0.3) is 0 Å². The minimum absolute atomic E-state index is 0.137. The van der Waals surface area contributed by atoms with E-state index >= 15 is 0 Å². The molecule has 1 spiro atoms. The van der Waals surface area contributed by atoms with Crippen LogP contribution in [-0.2, 0) is 14.8 Å². The Morgan fingerprint density at radius 2 is 2.29 bits per heavy atom. The third-order valence-corrected chi connectivity index (χ3v) is 6.09. The number of hydrogen-bond donors (Lipinski definition) is 0. The first-order chi connectivity index (χ1) is 10.1. The summed E-state index contributed by atoms with van der Waals surface area (Å²) in [6.07, 6.45) is 2.59. The second-order valence-corrected chi connectivity index (χ2v) is 7.80. The summed E-state index contributed by atoms with van der Waals surface area (Å²) in [6.45, 7) is 3.73. The number of nitrogens with zero attached hydrogens (tertiary/aromatic N) is 2. The molecule has 6 nitrogen and oxygen atoms in total. The largest absolute Gasteiger partial charge is 0.477 e. The molecule has 3 rings (SSSR count). The lowest BCUT2D eigenvalue weighted by molar-refractivity contribution is -0.107. The fourth-order valence-electron chi connectivity index (χ4n) is 2.92. The van der Waals surface area contributed by atoms with E-state index in [0.29, 0.717) is 32.2 Å². The van der Waals surface area contributed by atoms with Crippen LogP contribution in [0.4, 0.5) is 0 Å². The van der Waals surface area contributed by atoms with Gasteiger partial charge in [-0.2, -0.15) is 4.31 Å². The normalized spacial score (nSPS) is 24.9. The zero-order valence-electron chi connectivity index (χ0n) is 12.1. The highest BCUT2D eigenvalue weighted by Gasteiger charge is 2.56. The Morgan fingerprint density at radius 1 is 1.48 bits per heavy atom. The van der Waals surface area contributed by atoms with Gasteiger partial charge in [-0.05, 0) is 19.4 Å². The molecule has 1 aromatic rings. The maximum absolute atomic E-state index is 11.8. The van der Waals surface area contributed by atoms with Gasteiger partial charge >= 0.3 is 0 Å². The first-order valence-electron chi connectivity index (χ1n) is 7.21. The van der Waals surface area contributed by atoms with Crippen molar-refractivity contribution in [3.63, 3.8) is 0 Å². The van der Waals surface area contributed by atoms with Crippen LogP contribution in [0.3, 0.4) is 0 Å². The predicted molar refractivity (Wildman–Crippen MR) is 77.6 cm³/mol. The molecule has 0 amide bonds. The number of rotatable bonds is 5. The Labute approximate surface area is 125 Å². The lowest BCUT2D eigenvalue weighted by Gasteiger charge is -2.48. The number of pyridine rings is 1. The summed E-state index contributed by atoms with van der Waals surface area (Å²) in [5.41, 5.74) is -0.364. The van der Waals surface area contributed by atoms with Crippen LogP contribution in [0.25, 0.3) is 0 Å². The molecule has 0 radical (unpaired) electrons. The fraction of sp³-hybridized carbons (Fsp3) is 0.643. The monoisotopic (exact) mass is 312 g/mol. The van der Waals surface area contributed by atoms with Crippen LogP contribution < -0.4 is 4.74 Å². The molecule has 1 atom stereocenters. The molecule has 116 valence electrons. The Hall–Kier alpha value is -1.18. The average Bonchev–Trinajstić information content (AvgIpc) is 2.88. The summed E-state index contributed by atoms with van der Waals surface area (Å²) in [4.78, 5) is 4.13. The summed E-state index contributed by atoms with van der Waals surface area (Å²) in [7, 11) is -3.12. The number of ether oxygens (including phenoxy) is 2. The van der Waals surface area contributed by atoms with Crippen LogP contribution in [-0.4, -0.2) is 55.4 Å². The van der Waals surface area contributed by atoms with E-state index in [-0.39, 0.29) is 17.3 Å². The first-order valence-corrected chi connectivity index (χ1v) is 8.82. The van der Waals surface area contributed by atoms with Crippen LogP contribution in [0.15, 0.2) is 24.4 Å². The maximum atomic E-state index is 11.8. The van der Waals surface area contributed by atoms with Gasteiger partial charge in [0.15, 0.2) is 0 Å². The number of sulfonamides is 1. The summed E-state index contributed by atoms with van der Waals surface area (Å²) < 4.78 is 36.7. The number of aromatic nitrogens is 1. The molecule has 0 saturated carbocycles. The van der Waals surface area contributed by atoms with Gasteiger partial charge in [0.1, 0.15) is 5.60 Å². The predicted octanol–water partition coefficient (Wildman–Crippen LogP) is 0.901. The molecule has 0 aliphatic carbocycles. The van der Waals surface area contributed by atoms with Crippen molar-refractivity contribution in [1.82, 2.24) is 9.29 Å². The molecule has 21 heavy (non-hydrogen) atoms. The molecule has 2 aliphatic heterocycles. The highest BCUT2D eigenvalue weighted by Crippen LogP contribution is 2.41. The molecule has 1 aromatic heterocycles. The van der Waals surface area contributed by atoms with Crippen LogP contribution in [0.1, 0.15) is 13.3 Å². The molecule has 2 aliphatic rings. The van der Waals surface area contributed by atoms with Gasteiger partial charge in [-0.3, -0.25) is 0 Å². The van der Waals surface area contributed by atoms with E-state index in [2.05, 4.69) is 4.98 Å². The van der Waals surface area contributed by atoms with Crippen molar-refractivity contribution in [3.05, 3.63) is 24.4 Å². The minimum Gasteiger partial charge on any atom is -0.477 e. The summed E-state index contributed by atoms with van der Waals surface area (Å²) >= 11 is 0. The van der Waals surface area contributed by atoms with Crippen molar-refractivity contribution in [3.8, 4) is 5.88 Å². The third-order valence-electron chi connectivity index (χ3n) is 4.32. The van der Waals surface area contributed by atoms with E-state index in [1.165, 1.54) is 4.31 Å². The Bertz CT molecular complexity index is 584. The Kier molecular flexibility index (Phi) is 3.90. The summed E-state index contributed by atoms with van der Waals surface area (Å²) in [5.74, 6) is 0.942. The molecule has 0 unspecified atom stereocenters. The molecule has 0 bridgehead atoms. The van der Waals surface area contributed by atoms with E-state index < -0.39 is 10.0 Å². The molecule has 2 fully saturated rings. The smallest absolute Gasteiger partial charge is 0.214 e. The Morgan fingerprint density at radius 3 is 2.95 bits per heavy atom. The molecule has 0 aromatic carbocycles. The Balaban J connectivity index is 1.60. The van der Waals surface area contributed by atoms with Crippen molar-refractivity contribution in [2.45, 2.75) is 18.9 Å². The second kappa shape index (κ2) is 5.55. The van der Waals surface area contributed by atoms with E-state index in [1.807, 2.05) is 18.2 Å². The summed E-state index contributed by atoms with van der Waals surface area (Å²) in [6, 6.07) is 5.53. The fourth-order valence-corrected chi connectivity index (χ4v) is 4.11. The lowest BCUT2D eigenvalue weighted by atomic mass is 9.83. The quantitative estimate of drug-likeness (QED) is 0.808. The lowest BCUT2D eigenvalue weighted by Crippen LogP contribution is -2.66. The summed E-state index contributed by atoms with van der Waals surface area (Å²) in [5, 5.41) is 0. The molecular weight excluding hydrogens is 292 g/mol. The van der Waals surface area contributed by atoms with Crippen LogP contribution in [0, 0.1) is 5.92 Å². The van der Waals surface area contributed by atoms with E-state index in [0.717, 1.165) is 6.42 Å². The second-order valence-electron chi connectivity index (χ2n) is 5.55. The van der Waals surface area contributed by atoms with E-state index in [4.69, 9.17) is 9.47 Å². The van der Waals surface area contributed by atoms with Gasteiger partial charge in [-0.1, -0.05) is 6.07 Å². The average molecular weight is 312 g/mol. The molecular formula is C14H20N2O4S. The van der Waals surface area contributed by atoms with Crippen molar-refractivity contribution >= 4 is 10.0 Å². The van der Waals surface area contributed by atoms with Crippen LogP contribution in [0.2, 0.25) is 0 Å². The molecule has 2 saturated heterocycles. The van der Waals surface area contributed by atoms with Crippen LogP contribution >= 0.6 is 0 Å².